The van der Waals surface area contributed by atoms with Gasteiger partial charge in [0.1, 0.15) is 5.58 Å². The van der Waals surface area contributed by atoms with E-state index >= 15 is 0 Å². The molecule has 140 valence electrons. The molecular formula is C25H17NO3. The van der Waals surface area contributed by atoms with Crippen LogP contribution in [-0.2, 0) is 6.42 Å². The van der Waals surface area contributed by atoms with Crippen molar-refractivity contribution >= 4 is 17.0 Å². The van der Waals surface area contributed by atoms with Crippen molar-refractivity contribution in [1.82, 2.24) is 0 Å². The summed E-state index contributed by atoms with van der Waals surface area (Å²) in [7, 11) is 0. The summed E-state index contributed by atoms with van der Waals surface area (Å²) in [5.41, 5.74) is 4.07. The maximum Gasteiger partial charge on any atom is 0.235 e. The van der Waals surface area contributed by atoms with E-state index in [-0.39, 0.29) is 16.7 Å². The number of nitriles is 1. The van der Waals surface area contributed by atoms with Crippen LogP contribution in [0.2, 0.25) is 0 Å². The molecule has 1 heterocycles. The second-order valence-corrected chi connectivity index (χ2v) is 6.75. The summed E-state index contributed by atoms with van der Waals surface area (Å²) < 4.78 is 5.78. The lowest BCUT2D eigenvalue weighted by Gasteiger charge is -2.08. The largest absolute Gasteiger partial charge is 0.502 e. The van der Waals surface area contributed by atoms with E-state index < -0.39 is 11.2 Å². The zero-order chi connectivity index (χ0) is 20.4. The van der Waals surface area contributed by atoms with E-state index in [0.29, 0.717) is 11.1 Å². The van der Waals surface area contributed by atoms with Crippen LogP contribution >= 0.6 is 0 Å². The van der Waals surface area contributed by atoms with Crippen molar-refractivity contribution in [3.8, 4) is 23.1 Å². The third kappa shape index (κ3) is 3.54. The maximum absolute atomic E-state index is 12.5. The maximum atomic E-state index is 12.5. The molecule has 0 unspecified atom stereocenters. The van der Waals surface area contributed by atoms with Gasteiger partial charge in [0, 0.05) is 5.56 Å². The van der Waals surface area contributed by atoms with Crippen molar-refractivity contribution in [2.45, 2.75) is 6.42 Å². The van der Waals surface area contributed by atoms with Crippen LogP contribution in [0.1, 0.15) is 22.3 Å². The predicted molar refractivity (Wildman–Crippen MR) is 114 cm³/mol. The third-order valence-corrected chi connectivity index (χ3v) is 4.84. The Labute approximate surface area is 167 Å². The van der Waals surface area contributed by atoms with Gasteiger partial charge < -0.3 is 9.52 Å². The molecule has 1 aromatic heterocycles. The Bertz CT molecular complexity index is 1310. The van der Waals surface area contributed by atoms with E-state index in [0.717, 1.165) is 17.5 Å². The minimum Gasteiger partial charge on any atom is -0.502 e. The topological polar surface area (TPSA) is 74.2 Å². The van der Waals surface area contributed by atoms with Crippen molar-refractivity contribution in [2.75, 3.05) is 0 Å². The molecule has 0 amide bonds. The van der Waals surface area contributed by atoms with Crippen LogP contribution in [0.4, 0.5) is 0 Å². The Morgan fingerprint density at radius 2 is 1.66 bits per heavy atom. The molecule has 0 saturated carbocycles. The second-order valence-electron chi connectivity index (χ2n) is 6.75. The minimum absolute atomic E-state index is 0.0967. The Hall–Kier alpha value is -4.10. The average molecular weight is 379 g/mol. The highest BCUT2D eigenvalue weighted by atomic mass is 16.4. The number of aromatic hydroxyl groups is 1. The summed E-state index contributed by atoms with van der Waals surface area (Å²) in [6, 6.07) is 22.2. The number of benzene rings is 3. The highest BCUT2D eigenvalue weighted by Crippen LogP contribution is 2.30. The van der Waals surface area contributed by atoms with E-state index in [1.807, 2.05) is 48.5 Å². The number of rotatable bonds is 4. The van der Waals surface area contributed by atoms with Gasteiger partial charge in [-0.3, -0.25) is 4.79 Å². The first-order chi connectivity index (χ1) is 14.1. The molecule has 0 saturated heterocycles. The first-order valence-corrected chi connectivity index (χ1v) is 9.09. The van der Waals surface area contributed by atoms with Crippen molar-refractivity contribution in [1.29, 1.82) is 5.26 Å². The van der Waals surface area contributed by atoms with Gasteiger partial charge >= 0.3 is 0 Å². The van der Waals surface area contributed by atoms with E-state index in [9.17, 15) is 9.90 Å². The second kappa shape index (κ2) is 7.49. The Morgan fingerprint density at radius 3 is 2.28 bits per heavy atom. The molecule has 4 nitrogen and oxygen atoms in total. The monoisotopic (exact) mass is 379 g/mol. The molecule has 4 aromatic rings. The minimum atomic E-state index is -0.517. The normalized spacial score (nSPS) is 10.6. The molecule has 0 aliphatic rings. The summed E-state index contributed by atoms with van der Waals surface area (Å²) in [4.78, 5) is 12.5. The molecule has 0 fully saturated rings. The summed E-state index contributed by atoms with van der Waals surface area (Å²) in [5, 5.41) is 19.7. The van der Waals surface area contributed by atoms with Crippen molar-refractivity contribution in [3.05, 3.63) is 106 Å². The van der Waals surface area contributed by atoms with Gasteiger partial charge in [-0.05, 0) is 41.3 Å². The van der Waals surface area contributed by atoms with Gasteiger partial charge in [-0.2, -0.15) is 5.26 Å². The molecule has 0 aliphatic heterocycles. The van der Waals surface area contributed by atoms with Gasteiger partial charge in [-0.15, -0.1) is 0 Å². The van der Waals surface area contributed by atoms with Crippen LogP contribution in [0, 0.1) is 11.3 Å². The summed E-state index contributed by atoms with van der Waals surface area (Å²) in [5.74, 6) is -0.338. The van der Waals surface area contributed by atoms with E-state index in [4.69, 9.17) is 9.68 Å². The fourth-order valence-electron chi connectivity index (χ4n) is 3.23. The van der Waals surface area contributed by atoms with Crippen molar-refractivity contribution in [2.24, 2.45) is 0 Å². The fourth-order valence-corrected chi connectivity index (χ4v) is 3.23. The molecule has 0 bridgehead atoms. The quantitative estimate of drug-likeness (QED) is 0.524. The molecule has 1 N–H and O–H groups in total. The Balaban J connectivity index is 1.68. The zero-order valence-electron chi connectivity index (χ0n) is 15.6. The van der Waals surface area contributed by atoms with Crippen molar-refractivity contribution in [3.63, 3.8) is 0 Å². The van der Waals surface area contributed by atoms with Crippen LogP contribution in [0.3, 0.4) is 0 Å². The molecular weight excluding hydrogens is 362 g/mol. The van der Waals surface area contributed by atoms with Gasteiger partial charge in [0.15, 0.2) is 5.76 Å². The predicted octanol–water partition coefficient (Wildman–Crippen LogP) is 5.27. The molecule has 4 rings (SSSR count). The third-order valence-electron chi connectivity index (χ3n) is 4.84. The molecule has 0 aliphatic carbocycles. The first-order valence-electron chi connectivity index (χ1n) is 9.09. The molecule has 0 atom stereocenters. The highest BCUT2D eigenvalue weighted by molar-refractivity contribution is 5.82. The first kappa shape index (κ1) is 18.3. The lowest BCUT2D eigenvalue weighted by atomic mass is 10.0. The van der Waals surface area contributed by atoms with Crippen LogP contribution in [0.15, 0.2) is 82.5 Å². The van der Waals surface area contributed by atoms with Gasteiger partial charge in [-0.25, -0.2) is 0 Å². The SMILES string of the molecule is C=Cc1ccc(Cc2ccc(-c3oc4cc(C#N)ccc4c(=O)c3O)cc2)cc1. The van der Waals surface area contributed by atoms with E-state index in [1.54, 1.807) is 0 Å². The van der Waals surface area contributed by atoms with Gasteiger partial charge in [0.2, 0.25) is 11.2 Å². The smallest absolute Gasteiger partial charge is 0.235 e. The van der Waals surface area contributed by atoms with Crippen molar-refractivity contribution < 1.29 is 9.52 Å². The van der Waals surface area contributed by atoms with E-state index in [2.05, 4.69) is 18.7 Å². The number of hydrogen-bond acceptors (Lipinski definition) is 4. The summed E-state index contributed by atoms with van der Waals surface area (Å²) in [6.07, 6.45) is 2.57. The summed E-state index contributed by atoms with van der Waals surface area (Å²) >= 11 is 0. The summed E-state index contributed by atoms with van der Waals surface area (Å²) in [6.45, 7) is 3.76. The molecule has 0 spiro atoms. The van der Waals surface area contributed by atoms with Gasteiger partial charge in [-0.1, -0.05) is 61.2 Å². The van der Waals surface area contributed by atoms with Gasteiger partial charge in [0.05, 0.1) is 17.0 Å². The molecule has 29 heavy (non-hydrogen) atoms. The fraction of sp³-hybridized carbons (Fsp3) is 0.0400. The Morgan fingerprint density at radius 1 is 1.00 bits per heavy atom. The zero-order valence-corrected chi connectivity index (χ0v) is 15.6. The number of fused-ring (bicyclic) bond motifs is 1. The lowest BCUT2D eigenvalue weighted by molar-refractivity contribution is 0.449. The van der Waals surface area contributed by atoms with Crippen LogP contribution < -0.4 is 5.43 Å². The Kier molecular flexibility index (Phi) is 4.72. The van der Waals surface area contributed by atoms with E-state index in [1.165, 1.54) is 23.8 Å². The van der Waals surface area contributed by atoms with Crippen LogP contribution in [0.25, 0.3) is 28.4 Å². The average Bonchev–Trinajstić information content (AvgIpc) is 2.77. The number of hydrogen-bond donors (Lipinski definition) is 1. The van der Waals surface area contributed by atoms with Crippen LogP contribution in [-0.4, -0.2) is 5.11 Å². The van der Waals surface area contributed by atoms with Gasteiger partial charge in [0.25, 0.3) is 0 Å². The standard InChI is InChI=1S/C25H17NO3/c1-2-16-3-5-17(6-4-16)13-18-7-10-20(11-8-18)25-24(28)23(27)21-12-9-19(15-26)14-22(21)29-25/h2-12,14,28H,1,13H2. The lowest BCUT2D eigenvalue weighted by Crippen LogP contribution is -2.02. The number of nitrogens with zero attached hydrogens (tertiary/aromatic N) is 1. The molecule has 0 radical (unpaired) electrons. The molecule has 3 aromatic carbocycles. The van der Waals surface area contributed by atoms with Crippen LogP contribution in [0.5, 0.6) is 5.75 Å². The molecule has 4 heteroatoms. The highest BCUT2D eigenvalue weighted by Gasteiger charge is 2.15.